The average molecular weight is 397 g/mol. The molecule has 1 atom stereocenters. The van der Waals surface area contributed by atoms with Crippen LogP contribution in [-0.2, 0) is 16.7 Å². The zero-order valence-corrected chi connectivity index (χ0v) is 18.6. The summed E-state index contributed by atoms with van der Waals surface area (Å²) in [6, 6.07) is 17.3. The van der Waals surface area contributed by atoms with Gasteiger partial charge in [0.1, 0.15) is 5.75 Å². The molecule has 2 aromatic carbocycles. The lowest BCUT2D eigenvalue weighted by molar-refractivity contribution is -0.0843. The molecule has 1 aliphatic rings. The summed E-state index contributed by atoms with van der Waals surface area (Å²) in [6.45, 7) is 7.04. The van der Waals surface area contributed by atoms with Crippen LogP contribution in [0.1, 0.15) is 44.2 Å². The highest BCUT2D eigenvalue weighted by Gasteiger charge is 2.43. The van der Waals surface area contributed by atoms with Crippen molar-refractivity contribution in [2.75, 3.05) is 39.3 Å². The lowest BCUT2D eigenvalue weighted by atomic mass is 9.67. The smallest absolute Gasteiger partial charge is 0.122 e. The molecule has 4 nitrogen and oxygen atoms in total. The molecule has 1 heterocycles. The van der Waals surface area contributed by atoms with E-state index in [0.717, 1.165) is 44.7 Å². The summed E-state index contributed by atoms with van der Waals surface area (Å²) < 4.78 is 11.8. The Kier molecular flexibility index (Phi) is 6.86. The van der Waals surface area contributed by atoms with E-state index in [1.807, 2.05) is 0 Å². The number of methoxy groups -OCH3 is 1. The van der Waals surface area contributed by atoms with Gasteiger partial charge in [0.15, 0.2) is 0 Å². The highest BCUT2D eigenvalue weighted by molar-refractivity contribution is 5.46. The first-order valence-electron chi connectivity index (χ1n) is 10.6. The minimum absolute atomic E-state index is 0.0656. The van der Waals surface area contributed by atoms with E-state index in [9.17, 15) is 0 Å². The first-order chi connectivity index (χ1) is 13.9. The van der Waals surface area contributed by atoms with Crippen LogP contribution in [-0.4, -0.2) is 40.0 Å². The molecule has 2 aromatic rings. The number of hydrogen-bond donors (Lipinski definition) is 1. The van der Waals surface area contributed by atoms with E-state index in [0.29, 0.717) is 0 Å². The summed E-state index contributed by atoms with van der Waals surface area (Å²) in [5, 5.41) is 3.66. The van der Waals surface area contributed by atoms with Gasteiger partial charge in [-0.2, -0.15) is 0 Å². The third kappa shape index (κ3) is 5.31. The van der Waals surface area contributed by atoms with Crippen LogP contribution in [0.5, 0.6) is 5.75 Å². The number of nitrogens with one attached hydrogen (secondary N) is 1. The molecule has 4 heteroatoms. The van der Waals surface area contributed by atoms with Gasteiger partial charge in [-0.1, -0.05) is 30.3 Å². The molecule has 1 N–H and O–H groups in total. The summed E-state index contributed by atoms with van der Waals surface area (Å²) in [4.78, 5) is 2.13. The minimum atomic E-state index is -0.124. The van der Waals surface area contributed by atoms with E-state index in [4.69, 9.17) is 9.47 Å². The second-order valence-corrected chi connectivity index (χ2v) is 9.00. The maximum absolute atomic E-state index is 6.06. The van der Waals surface area contributed by atoms with E-state index in [2.05, 4.69) is 86.7 Å². The minimum Gasteiger partial charge on any atom is -0.496 e. The Bertz CT molecular complexity index is 786. The lowest BCUT2D eigenvalue weighted by Crippen LogP contribution is -2.45. The third-order valence-corrected chi connectivity index (χ3v) is 6.08. The van der Waals surface area contributed by atoms with Gasteiger partial charge >= 0.3 is 0 Å². The van der Waals surface area contributed by atoms with Gasteiger partial charge in [-0.15, -0.1) is 0 Å². The van der Waals surface area contributed by atoms with Gasteiger partial charge in [-0.25, -0.2) is 0 Å². The normalized spacial score (nSPS) is 21.0. The molecule has 158 valence electrons. The monoisotopic (exact) mass is 396 g/mol. The van der Waals surface area contributed by atoms with E-state index < -0.39 is 0 Å². The highest BCUT2D eigenvalue weighted by Crippen LogP contribution is 2.46. The summed E-state index contributed by atoms with van der Waals surface area (Å²) >= 11 is 0. The summed E-state index contributed by atoms with van der Waals surface area (Å²) in [5.74, 6) is 0.990. The predicted molar refractivity (Wildman–Crippen MR) is 121 cm³/mol. The van der Waals surface area contributed by atoms with E-state index in [-0.39, 0.29) is 11.0 Å². The van der Waals surface area contributed by atoms with Crippen molar-refractivity contribution in [3.63, 3.8) is 0 Å². The van der Waals surface area contributed by atoms with E-state index >= 15 is 0 Å². The average Bonchev–Trinajstić information content (AvgIpc) is 2.71. The Balaban J connectivity index is 1.69. The fraction of sp³-hybridized carbons (Fsp3) is 0.520. The molecular weight excluding hydrogens is 360 g/mol. The Morgan fingerprint density at radius 1 is 1.07 bits per heavy atom. The van der Waals surface area contributed by atoms with Gasteiger partial charge in [-0.05, 0) is 63.4 Å². The fourth-order valence-corrected chi connectivity index (χ4v) is 4.61. The van der Waals surface area contributed by atoms with Crippen LogP contribution in [0.4, 0.5) is 5.69 Å². The molecule has 29 heavy (non-hydrogen) atoms. The van der Waals surface area contributed by atoms with Crippen LogP contribution in [0.25, 0.3) is 0 Å². The molecule has 1 fully saturated rings. The van der Waals surface area contributed by atoms with Crippen LogP contribution in [0, 0.1) is 0 Å². The topological polar surface area (TPSA) is 33.7 Å². The second kappa shape index (κ2) is 9.19. The standard InChI is InChI=1S/C25H36N2O2/c1-24(2)19-25(15-17-29-24,22-8-6-7-9-23(22)28-5)14-16-26-18-20-10-12-21(13-11-20)27(3)4/h6-13,26H,14-19H2,1-5H3/t25-/m0/s1. The molecule has 0 amide bonds. The summed E-state index contributed by atoms with van der Waals surface area (Å²) in [5.41, 5.74) is 3.80. The fourth-order valence-electron chi connectivity index (χ4n) is 4.61. The van der Waals surface area contributed by atoms with Crippen molar-refractivity contribution < 1.29 is 9.47 Å². The van der Waals surface area contributed by atoms with Crippen LogP contribution >= 0.6 is 0 Å². The molecule has 0 radical (unpaired) electrons. The zero-order valence-electron chi connectivity index (χ0n) is 18.6. The zero-order chi connectivity index (χ0) is 20.9. The second-order valence-electron chi connectivity index (χ2n) is 9.00. The maximum atomic E-state index is 6.06. The van der Waals surface area contributed by atoms with Crippen molar-refractivity contribution >= 4 is 5.69 Å². The van der Waals surface area contributed by atoms with E-state index in [1.54, 1.807) is 7.11 Å². The molecule has 1 saturated heterocycles. The Morgan fingerprint density at radius 3 is 2.45 bits per heavy atom. The molecule has 0 spiro atoms. The molecule has 0 aromatic heterocycles. The van der Waals surface area contributed by atoms with Crippen molar-refractivity contribution in [3.8, 4) is 5.75 Å². The quantitative estimate of drug-likeness (QED) is 0.652. The number of ether oxygens (including phenoxy) is 2. The van der Waals surface area contributed by atoms with Crippen LogP contribution in [0.2, 0.25) is 0 Å². The molecule has 0 unspecified atom stereocenters. The van der Waals surface area contributed by atoms with Crippen LogP contribution < -0.4 is 15.0 Å². The number of benzene rings is 2. The van der Waals surface area contributed by atoms with E-state index in [1.165, 1.54) is 16.8 Å². The van der Waals surface area contributed by atoms with Crippen molar-refractivity contribution in [1.82, 2.24) is 5.32 Å². The molecule has 3 rings (SSSR count). The number of hydrogen-bond acceptors (Lipinski definition) is 4. The number of rotatable bonds is 8. The first kappa shape index (κ1) is 21.7. The maximum Gasteiger partial charge on any atom is 0.122 e. The first-order valence-corrected chi connectivity index (χ1v) is 10.6. The molecular formula is C25H36N2O2. The largest absolute Gasteiger partial charge is 0.496 e. The van der Waals surface area contributed by atoms with Gasteiger partial charge in [0.25, 0.3) is 0 Å². The SMILES string of the molecule is COc1ccccc1[C@@]1(CCNCc2ccc(N(C)C)cc2)CCOC(C)(C)C1. The molecule has 0 aliphatic carbocycles. The Hall–Kier alpha value is -2.04. The Labute approximate surface area is 176 Å². The van der Waals surface area contributed by atoms with Gasteiger partial charge in [0, 0.05) is 43.9 Å². The molecule has 0 bridgehead atoms. The van der Waals surface area contributed by atoms with Crippen molar-refractivity contribution in [1.29, 1.82) is 0 Å². The van der Waals surface area contributed by atoms with Crippen molar-refractivity contribution in [3.05, 3.63) is 59.7 Å². The summed E-state index contributed by atoms with van der Waals surface area (Å²) in [6.07, 6.45) is 3.09. The van der Waals surface area contributed by atoms with Gasteiger partial charge < -0.3 is 19.7 Å². The van der Waals surface area contributed by atoms with Gasteiger partial charge in [-0.3, -0.25) is 0 Å². The van der Waals surface area contributed by atoms with Gasteiger partial charge in [0.05, 0.1) is 12.7 Å². The molecule has 0 saturated carbocycles. The summed E-state index contributed by atoms with van der Waals surface area (Å²) in [7, 11) is 5.91. The van der Waals surface area contributed by atoms with Gasteiger partial charge in [0.2, 0.25) is 0 Å². The van der Waals surface area contributed by atoms with Crippen LogP contribution in [0.15, 0.2) is 48.5 Å². The van der Waals surface area contributed by atoms with Crippen molar-refractivity contribution in [2.45, 2.75) is 50.7 Å². The molecule has 1 aliphatic heterocycles. The van der Waals surface area contributed by atoms with Crippen molar-refractivity contribution in [2.24, 2.45) is 0 Å². The third-order valence-electron chi connectivity index (χ3n) is 6.08. The predicted octanol–water partition coefficient (Wildman–Crippen LogP) is 4.77. The highest BCUT2D eigenvalue weighted by atomic mass is 16.5. The van der Waals surface area contributed by atoms with Crippen LogP contribution in [0.3, 0.4) is 0 Å². The number of anilines is 1. The number of para-hydroxylation sites is 1. The number of nitrogens with zero attached hydrogens (tertiary/aromatic N) is 1. The lowest BCUT2D eigenvalue weighted by Gasteiger charge is -2.46. The Morgan fingerprint density at radius 2 is 1.79 bits per heavy atom.